The van der Waals surface area contributed by atoms with Gasteiger partial charge in [0.1, 0.15) is 5.78 Å². The number of Topliss-reactive ketones (excluding diaryl/α,β-unsaturated/α-hetero) is 1. The summed E-state index contributed by atoms with van der Waals surface area (Å²) in [5.74, 6) is 0.673. The number of hydrogen-bond acceptors (Lipinski definition) is 4. The summed E-state index contributed by atoms with van der Waals surface area (Å²) in [5.41, 5.74) is 0. The number of hydrogen-bond donors (Lipinski definition) is 0. The number of rotatable bonds is 6. The Balaban J connectivity index is 1.66. The van der Waals surface area contributed by atoms with Crippen LogP contribution in [0, 0.1) is 5.92 Å². The maximum Gasteiger partial charge on any atom is 0.225 e. The lowest BCUT2D eigenvalue weighted by atomic mass is 10.0. The van der Waals surface area contributed by atoms with Crippen LogP contribution < -0.4 is 0 Å². The average molecular weight is 324 g/mol. The van der Waals surface area contributed by atoms with E-state index < -0.39 is 0 Å². The monoisotopic (exact) mass is 324 g/mol. The summed E-state index contributed by atoms with van der Waals surface area (Å²) in [6, 6.07) is 0. The van der Waals surface area contributed by atoms with Gasteiger partial charge in [-0.3, -0.25) is 14.5 Å². The highest BCUT2D eigenvalue weighted by Crippen LogP contribution is 2.21. The molecule has 5 nitrogen and oxygen atoms in total. The van der Waals surface area contributed by atoms with E-state index in [1.54, 1.807) is 0 Å². The van der Waals surface area contributed by atoms with Crippen LogP contribution in [-0.4, -0.2) is 66.4 Å². The van der Waals surface area contributed by atoms with Crippen LogP contribution in [0.5, 0.6) is 0 Å². The number of nitrogens with zero attached hydrogens (tertiary/aromatic N) is 2. The molecule has 0 aliphatic carbocycles. The van der Waals surface area contributed by atoms with Gasteiger partial charge in [0.2, 0.25) is 5.91 Å². The molecule has 2 rings (SSSR count). The number of ketones is 1. The van der Waals surface area contributed by atoms with Gasteiger partial charge < -0.3 is 9.64 Å². The summed E-state index contributed by atoms with van der Waals surface area (Å²) in [6.45, 7) is 10.0. The second-order valence-corrected chi connectivity index (χ2v) is 7.18. The maximum absolute atomic E-state index is 12.0. The fourth-order valence-electron chi connectivity index (χ4n) is 3.41. The zero-order valence-electron chi connectivity index (χ0n) is 14.9. The predicted molar refractivity (Wildman–Crippen MR) is 90.3 cm³/mol. The number of likely N-dealkylation sites (tertiary alicyclic amines) is 2. The minimum atomic E-state index is 0.0858. The van der Waals surface area contributed by atoms with Gasteiger partial charge in [-0.15, -0.1) is 0 Å². The lowest BCUT2D eigenvalue weighted by molar-refractivity contribution is -0.138. The molecule has 2 heterocycles. The molecule has 0 aromatic carbocycles. The molecule has 5 heteroatoms. The molecule has 0 atom stereocenters. The van der Waals surface area contributed by atoms with Crippen molar-refractivity contribution in [1.29, 1.82) is 0 Å². The minimum Gasteiger partial charge on any atom is -0.375 e. The number of carbonyl (C=O) groups excluding carboxylic acids is 2. The van der Waals surface area contributed by atoms with Crippen molar-refractivity contribution in [1.82, 2.24) is 9.80 Å². The Morgan fingerprint density at radius 2 is 1.52 bits per heavy atom. The highest BCUT2D eigenvalue weighted by Gasteiger charge is 2.28. The molecule has 2 aliphatic heterocycles. The highest BCUT2D eigenvalue weighted by molar-refractivity contribution is 5.80. The molecule has 2 fully saturated rings. The average Bonchev–Trinajstić information content (AvgIpc) is 2.56. The van der Waals surface area contributed by atoms with Crippen molar-refractivity contribution in [2.75, 3.05) is 32.7 Å². The van der Waals surface area contributed by atoms with E-state index in [0.29, 0.717) is 31.0 Å². The first-order chi connectivity index (χ1) is 11.0. The number of amides is 1. The van der Waals surface area contributed by atoms with Crippen LogP contribution in [0.25, 0.3) is 0 Å². The standard InChI is InChI=1S/C18H32N2O3/c1-4-15(21)13-19-9-5-16(6-10-19)23-17-7-11-20(12-8-17)18(22)14(2)3/h14,16-17H,4-13H2,1-3H3. The predicted octanol–water partition coefficient (Wildman–Crippen LogP) is 2.09. The normalized spacial score (nSPS) is 21.8. The van der Waals surface area contributed by atoms with E-state index in [-0.39, 0.29) is 11.8 Å². The summed E-state index contributed by atoms with van der Waals surface area (Å²) in [4.78, 5) is 27.7. The summed E-state index contributed by atoms with van der Waals surface area (Å²) in [5, 5.41) is 0. The molecule has 0 unspecified atom stereocenters. The molecule has 0 N–H and O–H groups in total. The van der Waals surface area contributed by atoms with Crippen LogP contribution in [0.3, 0.4) is 0 Å². The summed E-state index contributed by atoms with van der Waals surface area (Å²) < 4.78 is 6.25. The van der Waals surface area contributed by atoms with Crippen molar-refractivity contribution in [2.24, 2.45) is 5.92 Å². The Bertz CT molecular complexity index is 395. The third-order valence-electron chi connectivity index (χ3n) is 4.96. The Hall–Kier alpha value is -0.940. The molecule has 132 valence electrons. The van der Waals surface area contributed by atoms with Crippen molar-refractivity contribution in [3.05, 3.63) is 0 Å². The number of carbonyl (C=O) groups is 2. The van der Waals surface area contributed by atoms with Crippen molar-refractivity contribution >= 4 is 11.7 Å². The Labute approximate surface area is 140 Å². The number of ether oxygens (including phenoxy) is 1. The lowest BCUT2D eigenvalue weighted by Crippen LogP contribution is -2.45. The Morgan fingerprint density at radius 3 is 2.00 bits per heavy atom. The maximum atomic E-state index is 12.0. The molecule has 0 saturated carbocycles. The van der Waals surface area contributed by atoms with E-state index in [2.05, 4.69) is 4.90 Å². The lowest BCUT2D eigenvalue weighted by Gasteiger charge is -2.37. The first-order valence-corrected chi connectivity index (χ1v) is 9.17. The molecule has 0 aromatic heterocycles. The van der Waals surface area contributed by atoms with Gasteiger partial charge in [-0.2, -0.15) is 0 Å². The van der Waals surface area contributed by atoms with Crippen LogP contribution in [0.15, 0.2) is 0 Å². The third kappa shape index (κ3) is 5.57. The van der Waals surface area contributed by atoms with Crippen LogP contribution >= 0.6 is 0 Å². The summed E-state index contributed by atoms with van der Waals surface area (Å²) in [7, 11) is 0. The topological polar surface area (TPSA) is 49.9 Å². The van der Waals surface area contributed by atoms with Gasteiger partial charge in [0.25, 0.3) is 0 Å². The van der Waals surface area contributed by atoms with Gasteiger partial charge in [0.15, 0.2) is 0 Å². The highest BCUT2D eigenvalue weighted by atomic mass is 16.5. The van der Waals surface area contributed by atoms with Crippen LogP contribution in [0.4, 0.5) is 0 Å². The molecule has 2 saturated heterocycles. The summed E-state index contributed by atoms with van der Waals surface area (Å²) >= 11 is 0. The van der Waals surface area contributed by atoms with Crippen molar-refractivity contribution < 1.29 is 14.3 Å². The first-order valence-electron chi connectivity index (χ1n) is 9.17. The minimum absolute atomic E-state index is 0.0858. The van der Waals surface area contributed by atoms with Gasteiger partial charge in [0.05, 0.1) is 18.8 Å². The van der Waals surface area contributed by atoms with Crippen LogP contribution in [-0.2, 0) is 14.3 Å². The summed E-state index contributed by atoms with van der Waals surface area (Å²) in [6.07, 6.45) is 5.18. The molecule has 23 heavy (non-hydrogen) atoms. The van der Waals surface area contributed by atoms with E-state index in [1.807, 2.05) is 25.7 Å². The van der Waals surface area contributed by atoms with Gasteiger partial charge in [-0.25, -0.2) is 0 Å². The molecule has 2 aliphatic rings. The second-order valence-electron chi connectivity index (χ2n) is 7.18. The zero-order chi connectivity index (χ0) is 16.8. The van der Waals surface area contributed by atoms with Crippen molar-refractivity contribution in [2.45, 2.75) is 65.1 Å². The molecule has 0 aromatic rings. The van der Waals surface area contributed by atoms with Crippen LogP contribution in [0.2, 0.25) is 0 Å². The van der Waals surface area contributed by atoms with E-state index in [1.165, 1.54) is 0 Å². The molecule has 1 amide bonds. The first kappa shape index (κ1) is 18.4. The van der Waals surface area contributed by atoms with E-state index in [4.69, 9.17) is 4.74 Å². The SMILES string of the molecule is CCC(=O)CN1CCC(OC2CCN(C(=O)C(C)C)CC2)CC1. The van der Waals surface area contributed by atoms with E-state index >= 15 is 0 Å². The molecular formula is C18H32N2O3. The number of piperidine rings is 2. The fourth-order valence-corrected chi connectivity index (χ4v) is 3.41. The fraction of sp³-hybridized carbons (Fsp3) is 0.889. The zero-order valence-corrected chi connectivity index (χ0v) is 14.9. The van der Waals surface area contributed by atoms with Gasteiger partial charge in [-0.1, -0.05) is 20.8 Å². The van der Waals surface area contributed by atoms with Gasteiger partial charge in [-0.05, 0) is 25.7 Å². The smallest absolute Gasteiger partial charge is 0.225 e. The van der Waals surface area contributed by atoms with E-state index in [0.717, 1.165) is 51.9 Å². The Morgan fingerprint density at radius 1 is 1.00 bits per heavy atom. The second kappa shape index (κ2) is 8.78. The van der Waals surface area contributed by atoms with E-state index in [9.17, 15) is 9.59 Å². The Kier molecular flexibility index (Phi) is 7.03. The molecular weight excluding hydrogens is 292 g/mol. The van der Waals surface area contributed by atoms with Gasteiger partial charge in [0, 0.05) is 38.5 Å². The van der Waals surface area contributed by atoms with Gasteiger partial charge >= 0.3 is 0 Å². The molecule has 0 bridgehead atoms. The quantitative estimate of drug-likeness (QED) is 0.751. The van der Waals surface area contributed by atoms with Crippen LogP contribution in [0.1, 0.15) is 52.9 Å². The van der Waals surface area contributed by atoms with Crippen molar-refractivity contribution in [3.8, 4) is 0 Å². The molecule has 0 spiro atoms. The third-order valence-corrected chi connectivity index (χ3v) is 4.96. The molecule has 0 radical (unpaired) electrons. The van der Waals surface area contributed by atoms with Crippen molar-refractivity contribution in [3.63, 3.8) is 0 Å². The largest absolute Gasteiger partial charge is 0.375 e.